The Morgan fingerprint density at radius 2 is 2.16 bits per heavy atom. The Kier molecular flexibility index (Phi) is 7.39. The highest BCUT2D eigenvalue weighted by atomic mass is 16.5. The van der Waals surface area contributed by atoms with Crippen LogP contribution in [0.25, 0.3) is 0 Å². The van der Waals surface area contributed by atoms with E-state index in [9.17, 15) is 4.79 Å². The minimum Gasteiger partial charge on any atom is -0.381 e. The molecule has 1 amide bonds. The summed E-state index contributed by atoms with van der Waals surface area (Å²) < 4.78 is 5.67. The summed E-state index contributed by atoms with van der Waals surface area (Å²) in [5, 5.41) is 3.34. The highest BCUT2D eigenvalue weighted by Crippen LogP contribution is 2.37. The zero-order valence-corrected chi connectivity index (χ0v) is 12.5. The van der Waals surface area contributed by atoms with Gasteiger partial charge in [0.2, 0.25) is 5.91 Å². The second-order valence-electron chi connectivity index (χ2n) is 5.56. The lowest BCUT2D eigenvalue weighted by molar-refractivity contribution is -0.126. The third-order valence-electron chi connectivity index (χ3n) is 4.26. The van der Waals surface area contributed by atoms with Crippen molar-refractivity contribution in [2.75, 3.05) is 19.8 Å². The normalized spacial score (nSPS) is 26.7. The molecule has 1 aliphatic carbocycles. The molecule has 4 nitrogen and oxygen atoms in total. The van der Waals surface area contributed by atoms with Crippen molar-refractivity contribution in [1.29, 1.82) is 0 Å². The van der Waals surface area contributed by atoms with Crippen molar-refractivity contribution in [3.63, 3.8) is 0 Å². The smallest absolute Gasteiger partial charge is 0.238 e. The topological polar surface area (TPSA) is 64.3 Å². The van der Waals surface area contributed by atoms with Crippen molar-refractivity contribution >= 4 is 5.91 Å². The van der Waals surface area contributed by atoms with E-state index in [1.807, 2.05) is 6.92 Å². The zero-order chi connectivity index (χ0) is 14.1. The standard InChI is InChI=1S/C15H30N2O2/c1-3-5-6-11-19-12-9-13-8-7-10-15(13,14(16)18)17-4-2/h13,17H,3-12H2,1-2H3,(H2,16,18). The van der Waals surface area contributed by atoms with Gasteiger partial charge in [-0.25, -0.2) is 0 Å². The first-order chi connectivity index (χ1) is 9.17. The fraction of sp³-hybridized carbons (Fsp3) is 0.933. The van der Waals surface area contributed by atoms with Crippen LogP contribution in [0.1, 0.15) is 58.8 Å². The van der Waals surface area contributed by atoms with Crippen molar-refractivity contribution < 1.29 is 9.53 Å². The van der Waals surface area contributed by atoms with Crippen LogP contribution in [0.2, 0.25) is 0 Å². The molecule has 2 unspecified atom stereocenters. The molecule has 1 saturated carbocycles. The summed E-state index contributed by atoms with van der Waals surface area (Å²) in [6.45, 7) is 6.59. The molecule has 19 heavy (non-hydrogen) atoms. The Morgan fingerprint density at radius 1 is 1.37 bits per heavy atom. The number of hydrogen-bond acceptors (Lipinski definition) is 3. The second-order valence-corrected chi connectivity index (χ2v) is 5.56. The minimum absolute atomic E-state index is 0.192. The monoisotopic (exact) mass is 270 g/mol. The zero-order valence-electron chi connectivity index (χ0n) is 12.5. The molecule has 112 valence electrons. The summed E-state index contributed by atoms with van der Waals surface area (Å²) in [4.78, 5) is 11.8. The Bertz CT molecular complexity index is 271. The Morgan fingerprint density at radius 3 is 2.79 bits per heavy atom. The van der Waals surface area contributed by atoms with Crippen LogP contribution in [0.15, 0.2) is 0 Å². The molecule has 0 aromatic carbocycles. The average Bonchev–Trinajstić information content (AvgIpc) is 2.78. The Labute approximate surface area is 117 Å². The molecule has 0 heterocycles. The lowest BCUT2D eigenvalue weighted by atomic mass is 9.84. The van der Waals surface area contributed by atoms with Gasteiger partial charge in [-0.3, -0.25) is 4.79 Å². The van der Waals surface area contributed by atoms with Crippen LogP contribution in [0.5, 0.6) is 0 Å². The first-order valence-corrected chi connectivity index (χ1v) is 7.80. The third-order valence-corrected chi connectivity index (χ3v) is 4.26. The quantitative estimate of drug-likeness (QED) is 0.598. The molecule has 0 bridgehead atoms. The predicted octanol–water partition coefficient (Wildman–Crippen LogP) is 2.22. The first-order valence-electron chi connectivity index (χ1n) is 7.80. The summed E-state index contributed by atoms with van der Waals surface area (Å²) in [7, 11) is 0. The van der Waals surface area contributed by atoms with Gasteiger partial charge in [-0.2, -0.15) is 0 Å². The molecular formula is C15H30N2O2. The Hall–Kier alpha value is -0.610. The number of carbonyl (C=O) groups excluding carboxylic acids is 1. The van der Waals surface area contributed by atoms with Crippen LogP contribution in [-0.2, 0) is 9.53 Å². The first kappa shape index (κ1) is 16.4. The van der Waals surface area contributed by atoms with E-state index in [0.29, 0.717) is 5.92 Å². The van der Waals surface area contributed by atoms with Gasteiger partial charge in [0.05, 0.1) is 0 Å². The van der Waals surface area contributed by atoms with Gasteiger partial charge >= 0.3 is 0 Å². The van der Waals surface area contributed by atoms with Crippen molar-refractivity contribution in [2.24, 2.45) is 11.7 Å². The molecule has 0 aliphatic heterocycles. The van der Waals surface area contributed by atoms with E-state index in [0.717, 1.165) is 51.9 Å². The lowest BCUT2D eigenvalue weighted by Crippen LogP contribution is -2.58. The molecule has 0 aromatic heterocycles. The van der Waals surface area contributed by atoms with Crippen LogP contribution in [0.4, 0.5) is 0 Å². The van der Waals surface area contributed by atoms with Gasteiger partial charge in [0.25, 0.3) is 0 Å². The molecule has 3 N–H and O–H groups in total. The van der Waals surface area contributed by atoms with E-state index in [1.165, 1.54) is 12.8 Å². The van der Waals surface area contributed by atoms with Gasteiger partial charge in [-0.05, 0) is 38.1 Å². The summed E-state index contributed by atoms with van der Waals surface area (Å²) in [5.74, 6) is 0.138. The van der Waals surface area contributed by atoms with E-state index in [2.05, 4.69) is 12.2 Å². The van der Waals surface area contributed by atoms with E-state index < -0.39 is 5.54 Å². The molecule has 1 fully saturated rings. The summed E-state index contributed by atoms with van der Waals surface area (Å²) in [6.07, 6.45) is 7.54. The minimum atomic E-state index is -0.485. The van der Waals surface area contributed by atoms with Gasteiger partial charge in [-0.1, -0.05) is 33.1 Å². The summed E-state index contributed by atoms with van der Waals surface area (Å²) in [5.41, 5.74) is 5.15. The van der Waals surface area contributed by atoms with Gasteiger partial charge < -0.3 is 15.8 Å². The highest BCUT2D eigenvalue weighted by Gasteiger charge is 2.46. The number of unbranched alkanes of at least 4 members (excludes halogenated alkanes) is 2. The number of amides is 1. The average molecular weight is 270 g/mol. The number of likely N-dealkylation sites (N-methyl/N-ethyl adjacent to an activating group) is 1. The van der Waals surface area contributed by atoms with Gasteiger partial charge in [-0.15, -0.1) is 0 Å². The Balaban J connectivity index is 2.36. The van der Waals surface area contributed by atoms with E-state index in [4.69, 9.17) is 10.5 Å². The number of primary amides is 1. The molecule has 0 aromatic rings. The van der Waals surface area contributed by atoms with Crippen molar-refractivity contribution in [2.45, 2.75) is 64.3 Å². The third kappa shape index (κ3) is 4.46. The number of hydrogen-bond donors (Lipinski definition) is 2. The van der Waals surface area contributed by atoms with Gasteiger partial charge in [0.1, 0.15) is 5.54 Å². The molecule has 0 saturated heterocycles. The molecule has 1 aliphatic rings. The molecule has 0 spiro atoms. The maximum absolute atomic E-state index is 11.8. The lowest BCUT2D eigenvalue weighted by Gasteiger charge is -2.33. The fourth-order valence-corrected chi connectivity index (χ4v) is 3.21. The molecule has 2 atom stereocenters. The van der Waals surface area contributed by atoms with Gasteiger partial charge in [0.15, 0.2) is 0 Å². The number of nitrogens with one attached hydrogen (secondary N) is 1. The predicted molar refractivity (Wildman–Crippen MR) is 77.9 cm³/mol. The SMILES string of the molecule is CCCCCOCCC1CCCC1(NCC)C(N)=O. The second kappa shape index (κ2) is 8.54. The van der Waals surface area contributed by atoms with E-state index >= 15 is 0 Å². The number of rotatable bonds is 10. The summed E-state index contributed by atoms with van der Waals surface area (Å²) in [6, 6.07) is 0. The number of carbonyl (C=O) groups is 1. The van der Waals surface area contributed by atoms with Crippen LogP contribution in [0.3, 0.4) is 0 Å². The molecule has 0 radical (unpaired) electrons. The molecule has 1 rings (SSSR count). The number of ether oxygens (including phenoxy) is 1. The van der Waals surface area contributed by atoms with Crippen LogP contribution in [-0.4, -0.2) is 31.2 Å². The van der Waals surface area contributed by atoms with Crippen LogP contribution in [0, 0.1) is 5.92 Å². The van der Waals surface area contributed by atoms with Crippen LogP contribution < -0.4 is 11.1 Å². The van der Waals surface area contributed by atoms with Gasteiger partial charge in [0, 0.05) is 13.2 Å². The maximum Gasteiger partial charge on any atom is 0.238 e. The maximum atomic E-state index is 11.8. The molecule has 4 heteroatoms. The largest absolute Gasteiger partial charge is 0.381 e. The van der Waals surface area contributed by atoms with E-state index in [-0.39, 0.29) is 5.91 Å². The van der Waals surface area contributed by atoms with Crippen molar-refractivity contribution in [3.8, 4) is 0 Å². The van der Waals surface area contributed by atoms with Crippen LogP contribution >= 0.6 is 0 Å². The van der Waals surface area contributed by atoms with Crippen molar-refractivity contribution in [1.82, 2.24) is 5.32 Å². The highest BCUT2D eigenvalue weighted by molar-refractivity contribution is 5.85. The van der Waals surface area contributed by atoms with E-state index in [1.54, 1.807) is 0 Å². The number of nitrogens with two attached hydrogens (primary N) is 1. The summed E-state index contributed by atoms with van der Waals surface area (Å²) >= 11 is 0. The fourth-order valence-electron chi connectivity index (χ4n) is 3.21. The molecular weight excluding hydrogens is 240 g/mol. The van der Waals surface area contributed by atoms with Crippen molar-refractivity contribution in [3.05, 3.63) is 0 Å².